The smallest absolute Gasteiger partial charge is 0.0209 e. The van der Waals surface area contributed by atoms with Crippen molar-refractivity contribution in [1.29, 1.82) is 0 Å². The first-order valence-electron chi connectivity index (χ1n) is 8.87. The molecular formula is C18H38BrClN4. The van der Waals surface area contributed by atoms with Crippen LogP contribution in [0.4, 0.5) is 0 Å². The normalized spacial score (nSPS) is 19.0. The van der Waals surface area contributed by atoms with Gasteiger partial charge in [0, 0.05) is 64.2 Å². The summed E-state index contributed by atoms with van der Waals surface area (Å²) in [5, 5.41) is 4.20. The Labute approximate surface area is 164 Å². The van der Waals surface area contributed by atoms with Crippen molar-refractivity contribution in [3.63, 3.8) is 0 Å². The second-order valence-electron chi connectivity index (χ2n) is 5.65. The fourth-order valence-corrected chi connectivity index (χ4v) is 2.50. The molecule has 0 aromatic heterocycles. The van der Waals surface area contributed by atoms with E-state index in [0.29, 0.717) is 0 Å². The maximum absolute atomic E-state index is 3.74. The third-order valence-electron chi connectivity index (χ3n) is 4.07. The number of hydrogen-bond donors (Lipinski definition) is 1. The van der Waals surface area contributed by atoms with Crippen molar-refractivity contribution in [3.8, 4) is 0 Å². The Morgan fingerprint density at radius 3 is 1.58 bits per heavy atom. The molecule has 0 radical (unpaired) electrons. The average Bonchev–Trinajstić information content (AvgIpc) is 2.64. The Morgan fingerprint density at radius 2 is 1.25 bits per heavy atom. The van der Waals surface area contributed by atoms with Crippen LogP contribution in [0.25, 0.3) is 0 Å². The molecule has 2 saturated heterocycles. The third kappa shape index (κ3) is 14.4. The standard InChI is InChI=1S/C9H18N2.C6H14N2.C3H5Br.ClH/c1-3-5-11-8-6-10(4-2)7-9-11;1-2-8-5-3-7-4-6-8;1-2-3-4;/h3H,1,4-9H2,2H3;7H,2-6H2,1H3;2H,1,3H2;1H. The number of piperazine rings is 2. The van der Waals surface area contributed by atoms with Crippen molar-refractivity contribution in [2.75, 3.05) is 77.3 Å². The lowest BCUT2D eigenvalue weighted by Gasteiger charge is -2.33. The fraction of sp³-hybridized carbons (Fsp3) is 0.778. The minimum absolute atomic E-state index is 0. The van der Waals surface area contributed by atoms with Crippen LogP contribution in [0.3, 0.4) is 0 Å². The maximum Gasteiger partial charge on any atom is 0.0209 e. The first-order valence-corrected chi connectivity index (χ1v) is 9.99. The highest BCUT2D eigenvalue weighted by atomic mass is 79.9. The lowest BCUT2D eigenvalue weighted by Crippen LogP contribution is -2.45. The van der Waals surface area contributed by atoms with Crippen molar-refractivity contribution in [2.24, 2.45) is 0 Å². The molecule has 1 N–H and O–H groups in total. The van der Waals surface area contributed by atoms with Gasteiger partial charge >= 0.3 is 0 Å². The highest BCUT2D eigenvalue weighted by molar-refractivity contribution is 9.09. The van der Waals surface area contributed by atoms with Crippen LogP contribution in [-0.4, -0.2) is 92.0 Å². The van der Waals surface area contributed by atoms with Crippen LogP contribution < -0.4 is 5.32 Å². The van der Waals surface area contributed by atoms with Gasteiger partial charge in [-0.25, -0.2) is 0 Å². The molecule has 0 amide bonds. The second kappa shape index (κ2) is 19.4. The van der Waals surface area contributed by atoms with E-state index in [4.69, 9.17) is 0 Å². The average molecular weight is 426 g/mol. The summed E-state index contributed by atoms with van der Waals surface area (Å²) in [4.78, 5) is 7.38. The van der Waals surface area contributed by atoms with Crippen LogP contribution in [0, 0.1) is 0 Å². The maximum atomic E-state index is 3.74. The molecule has 4 nitrogen and oxygen atoms in total. The van der Waals surface area contributed by atoms with Crippen molar-refractivity contribution in [3.05, 3.63) is 25.3 Å². The van der Waals surface area contributed by atoms with Gasteiger partial charge in [0.05, 0.1) is 0 Å². The molecule has 0 aromatic carbocycles. The Balaban J connectivity index is 0. The van der Waals surface area contributed by atoms with Gasteiger partial charge in [-0.1, -0.05) is 41.9 Å². The molecule has 0 spiro atoms. The van der Waals surface area contributed by atoms with Crippen LogP contribution in [-0.2, 0) is 0 Å². The zero-order valence-corrected chi connectivity index (χ0v) is 18.1. The summed E-state index contributed by atoms with van der Waals surface area (Å²) in [5.74, 6) is 0. The van der Waals surface area contributed by atoms with Crippen molar-refractivity contribution in [1.82, 2.24) is 20.0 Å². The SMILES string of the molecule is C=CCBr.C=CCN1CCN(CC)CC1.CCN1CCNCC1.Cl. The van der Waals surface area contributed by atoms with E-state index in [1.54, 1.807) is 6.08 Å². The molecule has 0 bridgehead atoms. The molecular weight excluding hydrogens is 388 g/mol. The molecule has 0 aromatic rings. The molecule has 24 heavy (non-hydrogen) atoms. The summed E-state index contributed by atoms with van der Waals surface area (Å²) < 4.78 is 0. The van der Waals surface area contributed by atoms with Crippen molar-refractivity contribution in [2.45, 2.75) is 13.8 Å². The minimum Gasteiger partial charge on any atom is -0.314 e. The van der Waals surface area contributed by atoms with E-state index in [9.17, 15) is 0 Å². The van der Waals surface area contributed by atoms with Crippen molar-refractivity contribution >= 4 is 28.3 Å². The number of likely N-dealkylation sites (N-methyl/N-ethyl adjacent to an activating group) is 2. The lowest BCUT2D eigenvalue weighted by atomic mass is 10.3. The largest absolute Gasteiger partial charge is 0.314 e. The predicted molar refractivity (Wildman–Crippen MR) is 115 cm³/mol. The van der Waals surface area contributed by atoms with E-state index >= 15 is 0 Å². The Bertz CT molecular complexity index is 278. The molecule has 0 aliphatic carbocycles. The summed E-state index contributed by atoms with van der Waals surface area (Å²) in [6.45, 7) is 24.8. The van der Waals surface area contributed by atoms with E-state index in [1.165, 1.54) is 65.4 Å². The number of halogens is 2. The summed E-state index contributed by atoms with van der Waals surface area (Å²) in [7, 11) is 0. The summed E-state index contributed by atoms with van der Waals surface area (Å²) in [5.41, 5.74) is 0. The molecule has 6 heteroatoms. The van der Waals surface area contributed by atoms with E-state index in [0.717, 1.165) is 11.9 Å². The topological polar surface area (TPSA) is 21.8 Å². The van der Waals surface area contributed by atoms with Crippen LogP contribution in [0.15, 0.2) is 25.3 Å². The van der Waals surface area contributed by atoms with Gasteiger partial charge in [0.25, 0.3) is 0 Å². The number of rotatable bonds is 5. The molecule has 2 rings (SSSR count). The zero-order chi connectivity index (χ0) is 17.3. The van der Waals surface area contributed by atoms with E-state index in [2.05, 4.69) is 63.0 Å². The molecule has 0 saturated carbocycles. The van der Waals surface area contributed by atoms with Crippen LogP contribution in [0.5, 0.6) is 0 Å². The highest BCUT2D eigenvalue weighted by Crippen LogP contribution is 1.99. The number of allylic oxidation sites excluding steroid dienone is 1. The van der Waals surface area contributed by atoms with Gasteiger partial charge in [-0.15, -0.1) is 25.6 Å². The number of nitrogens with zero attached hydrogens (tertiary/aromatic N) is 3. The highest BCUT2D eigenvalue weighted by Gasteiger charge is 2.13. The van der Waals surface area contributed by atoms with E-state index < -0.39 is 0 Å². The Kier molecular flexibility index (Phi) is 21.3. The predicted octanol–water partition coefficient (Wildman–Crippen LogP) is 2.71. The summed E-state index contributed by atoms with van der Waals surface area (Å²) in [6, 6.07) is 0. The third-order valence-corrected chi connectivity index (χ3v) is 4.52. The van der Waals surface area contributed by atoms with Gasteiger partial charge < -0.3 is 15.1 Å². The molecule has 2 fully saturated rings. The van der Waals surface area contributed by atoms with E-state index in [-0.39, 0.29) is 12.4 Å². The van der Waals surface area contributed by atoms with Gasteiger partial charge in [0.2, 0.25) is 0 Å². The number of nitrogens with one attached hydrogen (secondary N) is 1. The van der Waals surface area contributed by atoms with Gasteiger partial charge in [0.15, 0.2) is 0 Å². The molecule has 2 heterocycles. The molecule has 144 valence electrons. The number of hydrogen-bond acceptors (Lipinski definition) is 4. The molecule has 0 atom stereocenters. The summed E-state index contributed by atoms with van der Waals surface area (Å²) >= 11 is 3.13. The Hall–Kier alpha value is 0.0900. The molecule has 2 aliphatic heterocycles. The van der Waals surface area contributed by atoms with Gasteiger partial charge in [0.1, 0.15) is 0 Å². The fourth-order valence-electron chi connectivity index (χ4n) is 2.50. The van der Waals surface area contributed by atoms with Crippen LogP contribution >= 0.6 is 28.3 Å². The summed E-state index contributed by atoms with van der Waals surface area (Å²) in [6.07, 6.45) is 3.78. The van der Waals surface area contributed by atoms with Gasteiger partial charge in [-0.05, 0) is 13.1 Å². The first kappa shape index (κ1) is 26.3. The van der Waals surface area contributed by atoms with Gasteiger partial charge in [-0.2, -0.15) is 0 Å². The monoisotopic (exact) mass is 424 g/mol. The van der Waals surface area contributed by atoms with Crippen LogP contribution in [0.1, 0.15) is 13.8 Å². The second-order valence-corrected chi connectivity index (χ2v) is 6.30. The zero-order valence-electron chi connectivity index (χ0n) is 15.7. The molecule has 0 unspecified atom stereocenters. The quantitative estimate of drug-likeness (QED) is 0.540. The Morgan fingerprint density at radius 1 is 0.833 bits per heavy atom. The molecule has 2 aliphatic rings. The van der Waals surface area contributed by atoms with E-state index in [1.807, 2.05) is 6.08 Å². The minimum atomic E-state index is 0. The lowest BCUT2D eigenvalue weighted by molar-refractivity contribution is 0.148. The number of alkyl halides is 1. The first-order chi connectivity index (χ1) is 11.2. The van der Waals surface area contributed by atoms with Gasteiger partial charge in [-0.3, -0.25) is 4.90 Å². The van der Waals surface area contributed by atoms with Crippen LogP contribution in [0.2, 0.25) is 0 Å². The van der Waals surface area contributed by atoms with Crippen molar-refractivity contribution < 1.29 is 0 Å².